The van der Waals surface area contributed by atoms with E-state index in [-0.39, 0.29) is 23.9 Å². The lowest BCUT2D eigenvalue weighted by Crippen LogP contribution is -2.19. The van der Waals surface area contributed by atoms with Gasteiger partial charge in [0.25, 0.3) is 0 Å². The highest BCUT2D eigenvalue weighted by Gasteiger charge is 2.29. The predicted molar refractivity (Wildman–Crippen MR) is 113 cm³/mol. The van der Waals surface area contributed by atoms with Crippen LogP contribution in [-0.2, 0) is 6.42 Å². The first-order valence-corrected chi connectivity index (χ1v) is 9.38. The quantitative estimate of drug-likeness (QED) is 0.484. The molecule has 10 heteroatoms. The molecule has 1 aromatic heterocycles. The molecule has 31 heavy (non-hydrogen) atoms. The number of aromatic nitrogens is 2. The molecule has 1 heterocycles. The molecule has 0 bridgehead atoms. The molecule has 0 unspecified atom stereocenters. The molecule has 0 atom stereocenters. The van der Waals surface area contributed by atoms with Crippen molar-refractivity contribution >= 4 is 17.5 Å². The maximum absolute atomic E-state index is 12.9. The van der Waals surface area contributed by atoms with Crippen LogP contribution >= 0.6 is 0 Å². The molecule has 0 aliphatic rings. The standard InChI is InChI=1S/C21H22F3N5O2/c1-2-30-16-7-12(6-14-10-28-20(27)29-19(14)26)8-17(31-11-21(22,23)24)18(16)13-4-3-5-15(25)9-13/h3-5,7-10H,2,6,11,25H2,1H3,(H4,26,27,28,29). The molecule has 0 aliphatic heterocycles. The second kappa shape index (κ2) is 8.99. The first-order valence-electron chi connectivity index (χ1n) is 9.38. The molecule has 0 radical (unpaired) electrons. The van der Waals surface area contributed by atoms with Gasteiger partial charge in [-0.25, -0.2) is 4.98 Å². The zero-order valence-corrected chi connectivity index (χ0v) is 16.7. The zero-order valence-electron chi connectivity index (χ0n) is 16.7. The van der Waals surface area contributed by atoms with Crippen molar-refractivity contribution in [2.75, 3.05) is 30.4 Å². The normalized spacial score (nSPS) is 11.4. The van der Waals surface area contributed by atoms with Crippen LogP contribution in [0.4, 0.5) is 30.6 Å². The highest BCUT2D eigenvalue weighted by atomic mass is 19.4. The fourth-order valence-electron chi connectivity index (χ4n) is 3.06. The Bertz CT molecular complexity index is 1070. The summed E-state index contributed by atoms with van der Waals surface area (Å²) in [7, 11) is 0. The minimum absolute atomic E-state index is 0.0128. The number of anilines is 3. The van der Waals surface area contributed by atoms with Crippen LogP contribution in [0.25, 0.3) is 11.1 Å². The summed E-state index contributed by atoms with van der Waals surface area (Å²) in [6, 6.07) is 9.98. The summed E-state index contributed by atoms with van der Waals surface area (Å²) in [5.74, 6) is 0.585. The number of nitrogen functional groups attached to an aromatic ring is 3. The fraction of sp³-hybridized carbons (Fsp3) is 0.238. The van der Waals surface area contributed by atoms with Gasteiger partial charge in [-0.1, -0.05) is 12.1 Å². The summed E-state index contributed by atoms with van der Waals surface area (Å²) in [4.78, 5) is 7.84. The van der Waals surface area contributed by atoms with Gasteiger partial charge in [0.15, 0.2) is 6.61 Å². The lowest BCUT2D eigenvalue weighted by molar-refractivity contribution is -0.153. The van der Waals surface area contributed by atoms with E-state index in [0.717, 1.165) is 0 Å². The van der Waals surface area contributed by atoms with Gasteiger partial charge in [-0.2, -0.15) is 18.2 Å². The van der Waals surface area contributed by atoms with Crippen LogP contribution in [-0.4, -0.2) is 29.4 Å². The molecule has 3 aromatic rings. The number of benzene rings is 2. The van der Waals surface area contributed by atoms with Crippen molar-refractivity contribution < 1.29 is 22.6 Å². The maximum atomic E-state index is 12.9. The lowest BCUT2D eigenvalue weighted by Gasteiger charge is -2.19. The van der Waals surface area contributed by atoms with Crippen LogP contribution in [0.5, 0.6) is 11.5 Å². The third-order valence-corrected chi connectivity index (χ3v) is 4.30. The number of ether oxygens (including phenoxy) is 2. The second-order valence-corrected chi connectivity index (χ2v) is 6.74. The summed E-state index contributed by atoms with van der Waals surface area (Å²) in [6.45, 7) is 0.618. The van der Waals surface area contributed by atoms with E-state index in [4.69, 9.17) is 26.7 Å². The van der Waals surface area contributed by atoms with Crippen LogP contribution in [0.15, 0.2) is 42.6 Å². The van der Waals surface area contributed by atoms with Crippen LogP contribution in [0.1, 0.15) is 18.1 Å². The Morgan fingerprint density at radius 3 is 2.32 bits per heavy atom. The third-order valence-electron chi connectivity index (χ3n) is 4.30. The summed E-state index contributed by atoms with van der Waals surface area (Å²) in [5.41, 5.74) is 19.9. The third kappa shape index (κ3) is 5.68. The van der Waals surface area contributed by atoms with Crippen LogP contribution in [0.2, 0.25) is 0 Å². The molecule has 164 valence electrons. The molecule has 6 N–H and O–H groups in total. The monoisotopic (exact) mass is 433 g/mol. The predicted octanol–water partition coefficient (Wildman–Crippen LogP) is 3.82. The number of nitrogens with zero attached hydrogens (tertiary/aromatic N) is 2. The molecule has 0 spiro atoms. The molecule has 0 amide bonds. The van der Waals surface area contributed by atoms with Gasteiger partial charge < -0.3 is 26.7 Å². The van der Waals surface area contributed by atoms with Crippen LogP contribution in [0, 0.1) is 0 Å². The van der Waals surface area contributed by atoms with Crippen molar-refractivity contribution in [2.24, 2.45) is 0 Å². The van der Waals surface area contributed by atoms with E-state index in [1.807, 2.05) is 0 Å². The first kappa shape index (κ1) is 22.0. The molecule has 0 saturated heterocycles. The Kier molecular flexibility index (Phi) is 6.38. The molecule has 3 rings (SSSR count). The molecular formula is C21H22F3N5O2. The highest BCUT2D eigenvalue weighted by molar-refractivity contribution is 5.79. The molecular weight excluding hydrogens is 411 g/mol. The largest absolute Gasteiger partial charge is 0.493 e. The fourth-order valence-corrected chi connectivity index (χ4v) is 3.06. The van der Waals surface area contributed by atoms with E-state index in [2.05, 4.69) is 9.97 Å². The van der Waals surface area contributed by atoms with Crippen molar-refractivity contribution in [3.63, 3.8) is 0 Å². The smallest absolute Gasteiger partial charge is 0.422 e. The number of hydrogen-bond donors (Lipinski definition) is 3. The van der Waals surface area contributed by atoms with E-state index >= 15 is 0 Å². The van der Waals surface area contributed by atoms with Crippen molar-refractivity contribution in [2.45, 2.75) is 19.5 Å². The Balaban J connectivity index is 2.12. The Hall–Kier alpha value is -3.69. The number of halogens is 3. The topological polar surface area (TPSA) is 122 Å². The summed E-state index contributed by atoms with van der Waals surface area (Å²) < 4.78 is 49.6. The van der Waals surface area contributed by atoms with Gasteiger partial charge >= 0.3 is 6.18 Å². The summed E-state index contributed by atoms with van der Waals surface area (Å²) >= 11 is 0. The van der Waals surface area contributed by atoms with Gasteiger partial charge in [-0.15, -0.1) is 0 Å². The number of nitrogens with two attached hydrogens (primary N) is 3. The van der Waals surface area contributed by atoms with Crippen molar-refractivity contribution in [3.05, 3.63) is 53.7 Å². The Morgan fingerprint density at radius 2 is 1.71 bits per heavy atom. The zero-order chi connectivity index (χ0) is 22.6. The summed E-state index contributed by atoms with van der Waals surface area (Å²) in [6.07, 6.45) is -2.80. The van der Waals surface area contributed by atoms with Gasteiger partial charge in [0, 0.05) is 23.9 Å². The van der Waals surface area contributed by atoms with Gasteiger partial charge in [-0.05, 0) is 42.3 Å². The minimum atomic E-state index is -4.51. The Labute approximate surface area is 177 Å². The number of hydrogen-bond acceptors (Lipinski definition) is 7. The molecule has 0 saturated carbocycles. The van der Waals surface area contributed by atoms with Crippen LogP contribution < -0.4 is 26.7 Å². The molecule has 0 aliphatic carbocycles. The van der Waals surface area contributed by atoms with Gasteiger partial charge in [-0.3, -0.25) is 0 Å². The Morgan fingerprint density at radius 1 is 1.00 bits per heavy atom. The van der Waals surface area contributed by atoms with E-state index in [1.165, 1.54) is 12.3 Å². The van der Waals surface area contributed by atoms with Crippen LogP contribution in [0.3, 0.4) is 0 Å². The molecule has 0 fully saturated rings. The van der Waals surface area contributed by atoms with Gasteiger partial charge in [0.2, 0.25) is 5.95 Å². The van der Waals surface area contributed by atoms with E-state index < -0.39 is 12.8 Å². The average molecular weight is 433 g/mol. The van der Waals surface area contributed by atoms with Crippen molar-refractivity contribution in [1.82, 2.24) is 9.97 Å². The minimum Gasteiger partial charge on any atom is -0.493 e. The molecule has 7 nitrogen and oxygen atoms in total. The molecule has 2 aromatic carbocycles. The lowest BCUT2D eigenvalue weighted by atomic mass is 9.98. The van der Waals surface area contributed by atoms with Gasteiger partial charge in [0.05, 0.1) is 12.2 Å². The second-order valence-electron chi connectivity index (χ2n) is 6.74. The van der Waals surface area contributed by atoms with Crippen molar-refractivity contribution in [1.29, 1.82) is 0 Å². The number of alkyl halides is 3. The van der Waals surface area contributed by atoms with E-state index in [9.17, 15) is 13.2 Å². The van der Waals surface area contributed by atoms with E-state index in [0.29, 0.717) is 40.3 Å². The SMILES string of the molecule is CCOc1cc(Cc2cnc(N)nc2N)cc(OCC(F)(F)F)c1-c1cccc(N)c1. The maximum Gasteiger partial charge on any atom is 0.422 e. The number of rotatable bonds is 7. The first-order chi connectivity index (χ1) is 14.7. The van der Waals surface area contributed by atoms with E-state index in [1.54, 1.807) is 37.3 Å². The summed E-state index contributed by atoms with van der Waals surface area (Å²) in [5, 5.41) is 0. The van der Waals surface area contributed by atoms with Crippen molar-refractivity contribution in [3.8, 4) is 22.6 Å². The highest BCUT2D eigenvalue weighted by Crippen LogP contribution is 2.41. The van der Waals surface area contributed by atoms with Gasteiger partial charge in [0.1, 0.15) is 17.3 Å². The average Bonchev–Trinajstić information content (AvgIpc) is 2.68.